The van der Waals surface area contributed by atoms with Gasteiger partial charge in [0, 0.05) is 12.6 Å². The van der Waals surface area contributed by atoms with Gasteiger partial charge in [-0.2, -0.15) is 0 Å². The molecule has 1 aliphatic heterocycles. The molecular formula is C12H19NO2. The summed E-state index contributed by atoms with van der Waals surface area (Å²) in [5, 5.41) is 9.18. The minimum Gasteiger partial charge on any atom is -0.480 e. The molecule has 0 bridgehead atoms. The highest BCUT2D eigenvalue weighted by molar-refractivity contribution is 5.74. The summed E-state index contributed by atoms with van der Waals surface area (Å²) in [6, 6.07) is 0.231. The lowest BCUT2D eigenvalue weighted by molar-refractivity contribution is -0.142. The van der Waals surface area contributed by atoms with Crippen LogP contribution in [0.1, 0.15) is 32.1 Å². The third kappa shape index (κ3) is 1.93. The fourth-order valence-electron chi connectivity index (χ4n) is 3.21. The van der Waals surface area contributed by atoms with Crippen molar-refractivity contribution in [2.24, 2.45) is 5.92 Å². The zero-order valence-electron chi connectivity index (χ0n) is 9.06. The molecule has 1 aliphatic carbocycles. The molecule has 0 aromatic carbocycles. The second-order valence-corrected chi connectivity index (χ2v) is 4.69. The number of aliphatic carboxylic acids is 1. The Labute approximate surface area is 90.8 Å². The van der Waals surface area contributed by atoms with E-state index in [1.54, 1.807) is 0 Å². The Balaban J connectivity index is 2.13. The molecule has 1 N–H and O–H groups in total. The Morgan fingerprint density at radius 3 is 2.87 bits per heavy atom. The largest absolute Gasteiger partial charge is 0.480 e. The summed E-state index contributed by atoms with van der Waals surface area (Å²) in [6.45, 7) is 4.44. The van der Waals surface area contributed by atoms with E-state index in [0.717, 1.165) is 13.0 Å². The normalized spacial score (nSPS) is 36.1. The lowest BCUT2D eigenvalue weighted by Crippen LogP contribution is -2.42. The molecule has 1 heterocycles. The molecule has 84 valence electrons. The van der Waals surface area contributed by atoms with E-state index in [2.05, 4.69) is 11.5 Å². The number of carbonyl (C=O) groups is 1. The summed E-state index contributed by atoms with van der Waals surface area (Å²) in [7, 11) is 0. The maximum atomic E-state index is 11.2. The van der Waals surface area contributed by atoms with E-state index >= 15 is 0 Å². The summed E-state index contributed by atoms with van der Waals surface area (Å²) in [6.07, 6.45) is 7.57. The zero-order valence-corrected chi connectivity index (χ0v) is 9.06. The van der Waals surface area contributed by atoms with E-state index in [0.29, 0.717) is 12.0 Å². The van der Waals surface area contributed by atoms with Crippen LogP contribution in [0.4, 0.5) is 0 Å². The third-order valence-corrected chi connectivity index (χ3v) is 3.85. The molecule has 0 aromatic rings. The Hall–Kier alpha value is -0.830. The molecule has 1 saturated carbocycles. The van der Waals surface area contributed by atoms with Gasteiger partial charge in [0.1, 0.15) is 6.04 Å². The number of hydrogen-bond donors (Lipinski definition) is 1. The van der Waals surface area contributed by atoms with Gasteiger partial charge in [-0.1, -0.05) is 18.9 Å². The van der Waals surface area contributed by atoms with Crippen LogP contribution in [0, 0.1) is 5.92 Å². The summed E-state index contributed by atoms with van der Waals surface area (Å²) >= 11 is 0. The average molecular weight is 209 g/mol. The summed E-state index contributed by atoms with van der Waals surface area (Å²) in [4.78, 5) is 13.3. The van der Waals surface area contributed by atoms with Crippen molar-refractivity contribution in [2.75, 3.05) is 6.54 Å². The second-order valence-electron chi connectivity index (χ2n) is 4.69. The van der Waals surface area contributed by atoms with E-state index in [1.165, 1.54) is 25.7 Å². The van der Waals surface area contributed by atoms with Crippen LogP contribution in [0.15, 0.2) is 12.7 Å². The lowest BCUT2D eigenvalue weighted by Gasteiger charge is -2.32. The van der Waals surface area contributed by atoms with Gasteiger partial charge in [0.25, 0.3) is 0 Å². The van der Waals surface area contributed by atoms with Crippen LogP contribution < -0.4 is 0 Å². The number of hydrogen-bond acceptors (Lipinski definition) is 2. The molecule has 3 atom stereocenters. The maximum absolute atomic E-state index is 11.2. The predicted octanol–water partition coefficient (Wildman–Crippen LogP) is 1.89. The minimum absolute atomic E-state index is 0.268. The van der Waals surface area contributed by atoms with Crippen LogP contribution in [0.2, 0.25) is 0 Å². The molecule has 2 rings (SSSR count). The highest BCUT2D eigenvalue weighted by Gasteiger charge is 2.44. The summed E-state index contributed by atoms with van der Waals surface area (Å²) < 4.78 is 0. The van der Waals surface area contributed by atoms with Gasteiger partial charge in [0.05, 0.1) is 0 Å². The van der Waals surface area contributed by atoms with Gasteiger partial charge in [0.15, 0.2) is 0 Å². The van der Waals surface area contributed by atoms with Crippen LogP contribution in [0.5, 0.6) is 0 Å². The van der Waals surface area contributed by atoms with Crippen molar-refractivity contribution in [1.29, 1.82) is 0 Å². The van der Waals surface area contributed by atoms with Gasteiger partial charge in [0.2, 0.25) is 0 Å². The van der Waals surface area contributed by atoms with E-state index < -0.39 is 5.97 Å². The number of nitrogens with zero attached hydrogens (tertiary/aromatic N) is 1. The molecule has 3 unspecified atom stereocenters. The number of carboxylic acid groups (broad SMARTS) is 1. The van der Waals surface area contributed by atoms with Crippen molar-refractivity contribution in [1.82, 2.24) is 4.90 Å². The second kappa shape index (κ2) is 4.35. The van der Waals surface area contributed by atoms with Crippen molar-refractivity contribution < 1.29 is 9.90 Å². The van der Waals surface area contributed by atoms with Crippen molar-refractivity contribution in [2.45, 2.75) is 44.2 Å². The number of likely N-dealkylation sites (tertiary alicyclic amines) is 1. The third-order valence-electron chi connectivity index (χ3n) is 3.85. The smallest absolute Gasteiger partial charge is 0.320 e. The molecule has 2 aliphatic rings. The number of fused-ring (bicyclic) bond motifs is 1. The van der Waals surface area contributed by atoms with E-state index in [9.17, 15) is 9.90 Å². The Morgan fingerprint density at radius 2 is 2.20 bits per heavy atom. The highest BCUT2D eigenvalue weighted by Crippen LogP contribution is 2.39. The SMILES string of the molecule is C=CCN1C(C(=O)O)CC2CCCCC21. The zero-order chi connectivity index (χ0) is 10.8. The first-order valence-electron chi connectivity index (χ1n) is 5.83. The number of carboxylic acids is 1. The lowest BCUT2D eigenvalue weighted by atomic mass is 9.85. The minimum atomic E-state index is -0.661. The Morgan fingerprint density at radius 1 is 1.47 bits per heavy atom. The quantitative estimate of drug-likeness (QED) is 0.722. The van der Waals surface area contributed by atoms with E-state index in [-0.39, 0.29) is 6.04 Å². The molecular weight excluding hydrogens is 190 g/mol. The number of rotatable bonds is 3. The fraction of sp³-hybridized carbons (Fsp3) is 0.750. The highest BCUT2D eigenvalue weighted by atomic mass is 16.4. The summed E-state index contributed by atoms with van der Waals surface area (Å²) in [5.74, 6) is -0.0500. The molecule has 15 heavy (non-hydrogen) atoms. The molecule has 2 fully saturated rings. The van der Waals surface area contributed by atoms with Gasteiger partial charge >= 0.3 is 5.97 Å². The Bertz CT molecular complexity index is 264. The van der Waals surface area contributed by atoms with Gasteiger partial charge in [-0.25, -0.2) is 0 Å². The first-order valence-corrected chi connectivity index (χ1v) is 5.83. The molecule has 0 spiro atoms. The van der Waals surface area contributed by atoms with Crippen LogP contribution in [0.25, 0.3) is 0 Å². The van der Waals surface area contributed by atoms with Gasteiger partial charge in [-0.05, 0) is 25.2 Å². The first-order chi connectivity index (χ1) is 7.24. The van der Waals surface area contributed by atoms with Crippen LogP contribution >= 0.6 is 0 Å². The van der Waals surface area contributed by atoms with E-state index in [4.69, 9.17) is 0 Å². The molecule has 3 heteroatoms. The average Bonchev–Trinajstić information content (AvgIpc) is 2.58. The van der Waals surface area contributed by atoms with E-state index in [1.807, 2.05) is 6.08 Å². The standard InChI is InChI=1S/C12H19NO2/c1-2-7-13-10-6-4-3-5-9(10)8-11(13)12(14)15/h2,9-11H,1,3-8H2,(H,14,15). The van der Waals surface area contributed by atoms with Crippen molar-refractivity contribution in [3.63, 3.8) is 0 Å². The van der Waals surface area contributed by atoms with Crippen LogP contribution in [-0.4, -0.2) is 34.6 Å². The van der Waals surface area contributed by atoms with Crippen LogP contribution in [-0.2, 0) is 4.79 Å². The first kappa shape index (κ1) is 10.7. The van der Waals surface area contributed by atoms with Gasteiger partial charge in [-0.15, -0.1) is 6.58 Å². The molecule has 0 aromatic heterocycles. The van der Waals surface area contributed by atoms with Crippen molar-refractivity contribution in [3.05, 3.63) is 12.7 Å². The maximum Gasteiger partial charge on any atom is 0.320 e. The van der Waals surface area contributed by atoms with Gasteiger partial charge in [-0.3, -0.25) is 9.69 Å². The van der Waals surface area contributed by atoms with Crippen LogP contribution in [0.3, 0.4) is 0 Å². The fourth-order valence-corrected chi connectivity index (χ4v) is 3.21. The predicted molar refractivity (Wildman–Crippen MR) is 58.7 cm³/mol. The monoisotopic (exact) mass is 209 g/mol. The Kier molecular flexibility index (Phi) is 3.10. The molecule has 1 saturated heterocycles. The van der Waals surface area contributed by atoms with Crippen molar-refractivity contribution in [3.8, 4) is 0 Å². The molecule has 3 nitrogen and oxygen atoms in total. The topological polar surface area (TPSA) is 40.5 Å². The molecule has 0 amide bonds. The molecule has 0 radical (unpaired) electrons. The van der Waals surface area contributed by atoms with Crippen molar-refractivity contribution >= 4 is 5.97 Å². The summed E-state index contributed by atoms with van der Waals surface area (Å²) in [5.41, 5.74) is 0. The van der Waals surface area contributed by atoms with Gasteiger partial charge < -0.3 is 5.11 Å².